The van der Waals surface area contributed by atoms with Crippen LogP contribution in [0.5, 0.6) is 0 Å². The van der Waals surface area contributed by atoms with E-state index >= 15 is 0 Å². The van der Waals surface area contributed by atoms with Gasteiger partial charge in [-0.2, -0.15) is 0 Å². The Morgan fingerprint density at radius 1 is 1.42 bits per heavy atom. The summed E-state index contributed by atoms with van der Waals surface area (Å²) in [5.74, 6) is 4.75. The highest BCUT2D eigenvalue weighted by Gasteiger charge is 2.10. The molecule has 2 aromatic rings. The number of hydrogen-bond donors (Lipinski definition) is 2. The minimum atomic E-state index is -0.387. The second-order valence-corrected chi connectivity index (χ2v) is 4.97. The Labute approximate surface area is 122 Å². The minimum Gasteiger partial charge on any atom is -0.294 e. The standard InChI is InChI=1S/C12H11IN4O2/c13-10-5-15-7-17(12(10)19)6-8-3-1-2-4-9(8)11(18)16-14/h1-5,7H,6,14H2,(H,16,18). The minimum absolute atomic E-state index is 0.140. The largest absolute Gasteiger partial charge is 0.294 e. The van der Waals surface area contributed by atoms with Gasteiger partial charge in [-0.3, -0.25) is 19.6 Å². The first-order valence-corrected chi connectivity index (χ1v) is 6.50. The van der Waals surface area contributed by atoms with Crippen LogP contribution in [0.25, 0.3) is 0 Å². The summed E-state index contributed by atoms with van der Waals surface area (Å²) >= 11 is 1.93. The van der Waals surface area contributed by atoms with Gasteiger partial charge in [-0.25, -0.2) is 10.8 Å². The molecule has 0 spiro atoms. The van der Waals surface area contributed by atoms with E-state index in [-0.39, 0.29) is 18.0 Å². The molecular formula is C12H11IN4O2. The maximum Gasteiger partial charge on any atom is 0.267 e. The highest BCUT2D eigenvalue weighted by atomic mass is 127. The Bertz CT molecular complexity index is 669. The third-order valence-electron chi connectivity index (χ3n) is 2.59. The highest BCUT2D eigenvalue weighted by molar-refractivity contribution is 14.1. The molecule has 0 bridgehead atoms. The van der Waals surface area contributed by atoms with Gasteiger partial charge < -0.3 is 0 Å². The van der Waals surface area contributed by atoms with E-state index in [9.17, 15) is 9.59 Å². The Kier molecular flexibility index (Phi) is 4.27. The van der Waals surface area contributed by atoms with Crippen molar-refractivity contribution < 1.29 is 4.79 Å². The Hall–Kier alpha value is -1.74. The molecule has 3 N–H and O–H groups in total. The number of carbonyl (C=O) groups excluding carboxylic acids is 1. The fourth-order valence-corrected chi connectivity index (χ4v) is 2.15. The first-order chi connectivity index (χ1) is 9.13. The number of hydrogen-bond acceptors (Lipinski definition) is 4. The Balaban J connectivity index is 2.41. The zero-order valence-electron chi connectivity index (χ0n) is 9.84. The predicted molar refractivity (Wildman–Crippen MR) is 78.4 cm³/mol. The van der Waals surface area contributed by atoms with Gasteiger partial charge in [-0.15, -0.1) is 0 Å². The van der Waals surface area contributed by atoms with Crippen molar-refractivity contribution in [1.82, 2.24) is 15.0 Å². The molecule has 0 saturated heterocycles. The van der Waals surface area contributed by atoms with Crippen LogP contribution in [0, 0.1) is 3.57 Å². The van der Waals surface area contributed by atoms with Gasteiger partial charge in [0.25, 0.3) is 11.5 Å². The molecule has 0 unspecified atom stereocenters. The predicted octanol–water partition coefficient (Wildman–Crippen LogP) is 0.500. The summed E-state index contributed by atoms with van der Waals surface area (Å²) in [5.41, 5.74) is 3.10. The fourth-order valence-electron chi connectivity index (χ4n) is 1.68. The number of carbonyl (C=O) groups is 1. The van der Waals surface area contributed by atoms with Crippen LogP contribution in [-0.2, 0) is 6.54 Å². The number of benzene rings is 1. The molecule has 7 heteroatoms. The normalized spacial score (nSPS) is 10.2. The molecule has 0 fully saturated rings. The van der Waals surface area contributed by atoms with Crippen molar-refractivity contribution in [2.45, 2.75) is 6.54 Å². The summed E-state index contributed by atoms with van der Waals surface area (Å²) in [5, 5.41) is 0. The molecule has 0 aliphatic carbocycles. The van der Waals surface area contributed by atoms with Crippen LogP contribution >= 0.6 is 22.6 Å². The lowest BCUT2D eigenvalue weighted by Gasteiger charge is -2.09. The van der Waals surface area contributed by atoms with Crippen molar-refractivity contribution in [3.05, 3.63) is 61.8 Å². The van der Waals surface area contributed by atoms with E-state index in [1.165, 1.54) is 17.1 Å². The summed E-state index contributed by atoms with van der Waals surface area (Å²) in [6.07, 6.45) is 2.94. The average molecular weight is 370 g/mol. The van der Waals surface area contributed by atoms with Crippen molar-refractivity contribution in [3.63, 3.8) is 0 Å². The molecule has 1 amide bonds. The van der Waals surface area contributed by atoms with Crippen molar-refractivity contribution in [1.29, 1.82) is 0 Å². The van der Waals surface area contributed by atoms with Crippen LogP contribution in [-0.4, -0.2) is 15.5 Å². The van der Waals surface area contributed by atoms with Gasteiger partial charge in [0.2, 0.25) is 0 Å². The number of nitrogens with zero attached hydrogens (tertiary/aromatic N) is 2. The molecule has 2 rings (SSSR count). The zero-order valence-corrected chi connectivity index (χ0v) is 12.0. The van der Waals surface area contributed by atoms with E-state index in [4.69, 9.17) is 5.84 Å². The van der Waals surface area contributed by atoms with Crippen LogP contribution in [0.4, 0.5) is 0 Å². The average Bonchev–Trinajstić information content (AvgIpc) is 2.43. The molecule has 1 aromatic carbocycles. The first kappa shape index (κ1) is 13.7. The lowest BCUT2D eigenvalue weighted by atomic mass is 10.1. The SMILES string of the molecule is NNC(=O)c1ccccc1Cn1cncc(I)c1=O. The van der Waals surface area contributed by atoms with Crippen molar-refractivity contribution in [2.75, 3.05) is 0 Å². The van der Waals surface area contributed by atoms with Crippen LogP contribution < -0.4 is 16.8 Å². The lowest BCUT2D eigenvalue weighted by Crippen LogP contribution is -2.31. The number of nitrogen functional groups attached to an aromatic ring is 1. The van der Waals surface area contributed by atoms with Crippen LogP contribution in [0.3, 0.4) is 0 Å². The lowest BCUT2D eigenvalue weighted by molar-refractivity contribution is 0.0952. The molecule has 1 heterocycles. The molecule has 0 aliphatic heterocycles. The monoisotopic (exact) mass is 370 g/mol. The van der Waals surface area contributed by atoms with Gasteiger partial charge >= 0.3 is 0 Å². The molecule has 98 valence electrons. The van der Waals surface area contributed by atoms with E-state index in [1.54, 1.807) is 24.3 Å². The topological polar surface area (TPSA) is 90.0 Å². The van der Waals surface area contributed by atoms with Gasteiger partial charge in [0, 0.05) is 11.8 Å². The number of amides is 1. The van der Waals surface area contributed by atoms with E-state index in [0.29, 0.717) is 14.7 Å². The number of nitrogens with one attached hydrogen (secondary N) is 1. The molecule has 0 radical (unpaired) electrons. The number of halogens is 1. The third-order valence-corrected chi connectivity index (χ3v) is 3.33. The summed E-state index contributed by atoms with van der Waals surface area (Å²) in [6.45, 7) is 0.270. The number of rotatable bonds is 3. The van der Waals surface area contributed by atoms with E-state index in [0.717, 1.165) is 0 Å². The maximum atomic E-state index is 11.9. The third kappa shape index (κ3) is 2.99. The summed E-state index contributed by atoms with van der Waals surface area (Å²) in [6, 6.07) is 6.97. The van der Waals surface area contributed by atoms with Crippen LogP contribution in [0.15, 0.2) is 41.6 Å². The fraction of sp³-hybridized carbons (Fsp3) is 0.0833. The molecule has 0 saturated carbocycles. The van der Waals surface area contributed by atoms with Gasteiger partial charge in [0.05, 0.1) is 16.4 Å². The van der Waals surface area contributed by atoms with Gasteiger partial charge in [-0.05, 0) is 34.2 Å². The quantitative estimate of drug-likeness (QED) is 0.356. The molecular weight excluding hydrogens is 359 g/mol. The molecule has 1 aromatic heterocycles. The smallest absolute Gasteiger partial charge is 0.267 e. The van der Waals surface area contributed by atoms with Crippen molar-refractivity contribution >= 4 is 28.5 Å². The summed E-state index contributed by atoms with van der Waals surface area (Å²) in [4.78, 5) is 27.5. The van der Waals surface area contributed by atoms with E-state index in [1.807, 2.05) is 22.6 Å². The highest BCUT2D eigenvalue weighted by Crippen LogP contribution is 2.09. The first-order valence-electron chi connectivity index (χ1n) is 5.42. The molecule has 0 atom stereocenters. The molecule has 6 nitrogen and oxygen atoms in total. The van der Waals surface area contributed by atoms with Crippen molar-refractivity contribution in [2.24, 2.45) is 5.84 Å². The van der Waals surface area contributed by atoms with Gasteiger partial charge in [0.15, 0.2) is 0 Å². The van der Waals surface area contributed by atoms with Gasteiger partial charge in [-0.1, -0.05) is 18.2 Å². The van der Waals surface area contributed by atoms with Crippen LogP contribution in [0.1, 0.15) is 15.9 Å². The summed E-state index contributed by atoms with van der Waals surface area (Å²) in [7, 11) is 0. The van der Waals surface area contributed by atoms with Crippen LogP contribution in [0.2, 0.25) is 0 Å². The molecule has 0 aliphatic rings. The number of hydrazine groups is 1. The number of aromatic nitrogens is 2. The Morgan fingerprint density at radius 2 is 2.16 bits per heavy atom. The second kappa shape index (κ2) is 5.93. The van der Waals surface area contributed by atoms with E-state index < -0.39 is 0 Å². The molecule has 19 heavy (non-hydrogen) atoms. The maximum absolute atomic E-state index is 11.9. The second-order valence-electron chi connectivity index (χ2n) is 3.81. The summed E-state index contributed by atoms with van der Waals surface area (Å²) < 4.78 is 1.98. The van der Waals surface area contributed by atoms with Gasteiger partial charge in [0.1, 0.15) is 0 Å². The number of nitrogens with two attached hydrogens (primary N) is 1. The zero-order chi connectivity index (χ0) is 13.8. The van der Waals surface area contributed by atoms with E-state index in [2.05, 4.69) is 10.4 Å². The van der Waals surface area contributed by atoms with Crippen molar-refractivity contribution in [3.8, 4) is 0 Å². The Morgan fingerprint density at radius 3 is 2.89 bits per heavy atom.